The third-order valence-electron chi connectivity index (χ3n) is 5.04. The minimum atomic E-state index is 0.558. The first kappa shape index (κ1) is 14.6. The van der Waals surface area contributed by atoms with E-state index >= 15 is 0 Å². The second-order valence-electron chi connectivity index (χ2n) is 6.71. The fourth-order valence-corrected chi connectivity index (χ4v) is 4.85. The number of rotatable bonds is 6. The van der Waals surface area contributed by atoms with Gasteiger partial charge in [-0.3, -0.25) is 4.90 Å². The lowest BCUT2D eigenvalue weighted by atomic mass is 9.84. The van der Waals surface area contributed by atoms with Crippen LogP contribution in [0.3, 0.4) is 0 Å². The molecular weight excluding hydrogens is 264 g/mol. The SMILES string of the molecule is CCCNCC1(CN2CCc3sccc3C2)CCCC1. The summed E-state index contributed by atoms with van der Waals surface area (Å²) in [6, 6.07) is 2.34. The van der Waals surface area contributed by atoms with Crippen LogP contribution in [0.25, 0.3) is 0 Å². The molecule has 1 saturated carbocycles. The first-order chi connectivity index (χ1) is 9.81. The number of hydrogen-bond donors (Lipinski definition) is 1. The van der Waals surface area contributed by atoms with Crippen LogP contribution >= 0.6 is 11.3 Å². The van der Waals surface area contributed by atoms with Crippen LogP contribution in [0.15, 0.2) is 11.4 Å². The van der Waals surface area contributed by atoms with Crippen LogP contribution in [0, 0.1) is 5.41 Å². The molecule has 2 heterocycles. The van der Waals surface area contributed by atoms with Gasteiger partial charge >= 0.3 is 0 Å². The number of hydrogen-bond acceptors (Lipinski definition) is 3. The fraction of sp³-hybridized carbons (Fsp3) is 0.765. The minimum absolute atomic E-state index is 0.558. The largest absolute Gasteiger partial charge is 0.316 e. The molecule has 3 heteroatoms. The van der Waals surface area contributed by atoms with Crippen molar-refractivity contribution in [1.82, 2.24) is 10.2 Å². The van der Waals surface area contributed by atoms with Gasteiger partial charge < -0.3 is 5.32 Å². The predicted octanol–water partition coefficient (Wildman–Crippen LogP) is 3.67. The van der Waals surface area contributed by atoms with Gasteiger partial charge in [0.05, 0.1) is 0 Å². The summed E-state index contributed by atoms with van der Waals surface area (Å²) >= 11 is 1.95. The van der Waals surface area contributed by atoms with Gasteiger partial charge in [0.1, 0.15) is 0 Å². The van der Waals surface area contributed by atoms with Crippen molar-refractivity contribution in [2.24, 2.45) is 5.41 Å². The van der Waals surface area contributed by atoms with E-state index in [-0.39, 0.29) is 0 Å². The van der Waals surface area contributed by atoms with Crippen LogP contribution in [-0.2, 0) is 13.0 Å². The topological polar surface area (TPSA) is 15.3 Å². The summed E-state index contributed by atoms with van der Waals surface area (Å²) in [4.78, 5) is 4.35. The molecule has 1 N–H and O–H groups in total. The van der Waals surface area contributed by atoms with Crippen LogP contribution in [0.2, 0.25) is 0 Å². The summed E-state index contributed by atoms with van der Waals surface area (Å²) in [5.41, 5.74) is 2.15. The highest BCUT2D eigenvalue weighted by Gasteiger charge is 2.35. The van der Waals surface area contributed by atoms with Crippen LogP contribution in [0.4, 0.5) is 0 Å². The molecule has 0 atom stereocenters. The van der Waals surface area contributed by atoms with Crippen molar-refractivity contribution >= 4 is 11.3 Å². The molecule has 3 rings (SSSR count). The Labute approximate surface area is 127 Å². The monoisotopic (exact) mass is 292 g/mol. The van der Waals surface area contributed by atoms with E-state index < -0.39 is 0 Å². The van der Waals surface area contributed by atoms with Crippen LogP contribution in [0.5, 0.6) is 0 Å². The normalized spacial score (nSPS) is 22.1. The van der Waals surface area contributed by atoms with Gasteiger partial charge in [0.15, 0.2) is 0 Å². The Morgan fingerprint density at radius 1 is 1.35 bits per heavy atom. The average molecular weight is 292 g/mol. The summed E-state index contributed by atoms with van der Waals surface area (Å²) in [6.45, 7) is 8.43. The lowest BCUT2D eigenvalue weighted by Crippen LogP contribution is -2.44. The molecule has 20 heavy (non-hydrogen) atoms. The summed E-state index contributed by atoms with van der Waals surface area (Å²) in [6.07, 6.45) is 8.24. The van der Waals surface area contributed by atoms with Gasteiger partial charge in [-0.2, -0.15) is 0 Å². The maximum Gasteiger partial charge on any atom is 0.0245 e. The molecule has 1 aromatic rings. The zero-order valence-corrected chi connectivity index (χ0v) is 13.6. The van der Waals surface area contributed by atoms with E-state index in [0.717, 1.165) is 0 Å². The Hall–Kier alpha value is -0.380. The Morgan fingerprint density at radius 3 is 3.00 bits per heavy atom. The van der Waals surface area contributed by atoms with Crippen LogP contribution in [-0.4, -0.2) is 31.1 Å². The zero-order chi connectivity index (χ0) is 13.8. The van der Waals surface area contributed by atoms with Crippen molar-refractivity contribution in [2.75, 3.05) is 26.2 Å². The molecule has 0 amide bonds. The summed E-state index contributed by atoms with van der Waals surface area (Å²) in [5, 5.41) is 5.96. The second kappa shape index (κ2) is 6.59. The lowest BCUT2D eigenvalue weighted by Gasteiger charge is -2.37. The Bertz CT molecular complexity index is 420. The Morgan fingerprint density at radius 2 is 2.20 bits per heavy atom. The highest BCUT2D eigenvalue weighted by molar-refractivity contribution is 7.10. The average Bonchev–Trinajstić information content (AvgIpc) is 3.08. The van der Waals surface area contributed by atoms with Crippen LogP contribution in [0.1, 0.15) is 49.5 Å². The molecule has 112 valence electrons. The van der Waals surface area contributed by atoms with Gasteiger partial charge in [0.25, 0.3) is 0 Å². The molecule has 2 nitrogen and oxygen atoms in total. The molecule has 0 spiro atoms. The van der Waals surface area contributed by atoms with Crippen molar-refractivity contribution in [3.05, 3.63) is 21.9 Å². The molecule has 0 unspecified atom stereocenters. The maximum absolute atomic E-state index is 3.70. The molecule has 2 aliphatic rings. The van der Waals surface area contributed by atoms with Crippen LogP contribution < -0.4 is 5.32 Å². The number of nitrogens with zero attached hydrogens (tertiary/aromatic N) is 1. The molecule has 1 aromatic heterocycles. The Kier molecular flexibility index (Phi) is 4.79. The molecule has 0 bridgehead atoms. The summed E-state index contributed by atoms with van der Waals surface area (Å²) in [7, 11) is 0. The van der Waals surface area contributed by atoms with Gasteiger partial charge in [0.2, 0.25) is 0 Å². The molecule has 1 aliphatic heterocycles. The van der Waals surface area contributed by atoms with Crippen molar-refractivity contribution in [1.29, 1.82) is 0 Å². The van der Waals surface area contributed by atoms with Crippen molar-refractivity contribution in [3.8, 4) is 0 Å². The van der Waals surface area contributed by atoms with E-state index in [1.165, 1.54) is 71.2 Å². The first-order valence-corrected chi connectivity index (χ1v) is 9.18. The highest BCUT2D eigenvalue weighted by Crippen LogP contribution is 2.39. The molecule has 0 radical (unpaired) electrons. The molecule has 1 fully saturated rings. The third-order valence-corrected chi connectivity index (χ3v) is 6.06. The van der Waals surface area contributed by atoms with Gasteiger partial charge in [-0.15, -0.1) is 11.3 Å². The summed E-state index contributed by atoms with van der Waals surface area (Å²) in [5.74, 6) is 0. The van der Waals surface area contributed by atoms with Gasteiger partial charge in [-0.1, -0.05) is 19.8 Å². The van der Waals surface area contributed by atoms with E-state index in [1.54, 1.807) is 10.4 Å². The number of thiophene rings is 1. The lowest BCUT2D eigenvalue weighted by molar-refractivity contribution is 0.138. The predicted molar refractivity (Wildman–Crippen MR) is 87.4 cm³/mol. The zero-order valence-electron chi connectivity index (χ0n) is 12.8. The van der Waals surface area contributed by atoms with E-state index in [2.05, 4.69) is 28.6 Å². The first-order valence-electron chi connectivity index (χ1n) is 8.30. The van der Waals surface area contributed by atoms with E-state index in [4.69, 9.17) is 0 Å². The smallest absolute Gasteiger partial charge is 0.0245 e. The van der Waals surface area contributed by atoms with Gasteiger partial charge in [-0.05, 0) is 54.7 Å². The second-order valence-corrected chi connectivity index (χ2v) is 7.71. The molecular formula is C17H28N2S. The number of fused-ring (bicyclic) bond motifs is 1. The molecule has 1 aliphatic carbocycles. The van der Waals surface area contributed by atoms with E-state index in [1.807, 2.05) is 11.3 Å². The highest BCUT2D eigenvalue weighted by atomic mass is 32.1. The standard InChI is InChI=1S/C17H28N2S/c1-2-9-18-13-17(7-3-4-8-17)14-19-10-5-16-15(12-19)6-11-20-16/h6,11,18H,2-5,7-10,12-14H2,1H3. The number of nitrogens with one attached hydrogen (secondary N) is 1. The van der Waals surface area contributed by atoms with Gasteiger partial charge in [0, 0.05) is 31.1 Å². The van der Waals surface area contributed by atoms with Gasteiger partial charge in [-0.25, -0.2) is 0 Å². The quantitative estimate of drug-likeness (QED) is 0.805. The maximum atomic E-state index is 3.70. The van der Waals surface area contributed by atoms with Crippen molar-refractivity contribution in [2.45, 2.75) is 52.0 Å². The fourth-order valence-electron chi connectivity index (χ4n) is 3.96. The van der Waals surface area contributed by atoms with Crippen molar-refractivity contribution < 1.29 is 0 Å². The van der Waals surface area contributed by atoms with E-state index in [0.29, 0.717) is 5.41 Å². The van der Waals surface area contributed by atoms with Crippen molar-refractivity contribution in [3.63, 3.8) is 0 Å². The molecule has 0 aromatic carbocycles. The molecule has 0 saturated heterocycles. The minimum Gasteiger partial charge on any atom is -0.316 e. The summed E-state index contributed by atoms with van der Waals surface area (Å²) < 4.78 is 0. The third kappa shape index (κ3) is 3.26. The van der Waals surface area contributed by atoms with E-state index in [9.17, 15) is 0 Å². The Balaban J connectivity index is 1.59.